The summed E-state index contributed by atoms with van der Waals surface area (Å²) in [6, 6.07) is 3.36. The van der Waals surface area contributed by atoms with Crippen molar-refractivity contribution in [3.63, 3.8) is 0 Å². The minimum absolute atomic E-state index is 0.134. The monoisotopic (exact) mass is 198 g/mol. The van der Waals surface area contributed by atoms with Crippen LogP contribution in [0.2, 0.25) is 5.02 Å². The number of aliphatic imine (C=N–C) groups is 1. The highest BCUT2D eigenvalue weighted by atomic mass is 35.5. The molecule has 0 saturated heterocycles. The largest absolute Gasteiger partial charge is 0.398 e. The highest BCUT2D eigenvalue weighted by Gasteiger charge is 2.07. The van der Waals surface area contributed by atoms with Crippen molar-refractivity contribution in [1.82, 2.24) is 0 Å². The number of aliphatic hydroxyl groups excluding tert-OH is 1. The number of nitrogen functional groups attached to an aromatic ring is 1. The molecule has 0 aromatic heterocycles. The number of halogens is 1. The van der Waals surface area contributed by atoms with Crippen LogP contribution in [-0.2, 0) is 6.61 Å². The van der Waals surface area contributed by atoms with Gasteiger partial charge in [0, 0.05) is 35.1 Å². The first-order valence-electron chi connectivity index (χ1n) is 3.80. The van der Waals surface area contributed by atoms with Gasteiger partial charge in [-0.1, -0.05) is 11.6 Å². The van der Waals surface area contributed by atoms with Crippen molar-refractivity contribution in [3.05, 3.63) is 28.3 Å². The lowest BCUT2D eigenvalue weighted by Crippen LogP contribution is -2.00. The molecule has 3 nitrogen and oxygen atoms in total. The lowest BCUT2D eigenvalue weighted by atomic mass is 10.1. The Labute approximate surface area is 81.9 Å². The minimum atomic E-state index is -0.134. The van der Waals surface area contributed by atoms with E-state index in [4.69, 9.17) is 22.4 Å². The Morgan fingerprint density at radius 2 is 2.31 bits per heavy atom. The third kappa shape index (κ3) is 1.99. The summed E-state index contributed by atoms with van der Waals surface area (Å²) in [7, 11) is 1.64. The van der Waals surface area contributed by atoms with Crippen molar-refractivity contribution in [3.8, 4) is 0 Å². The maximum Gasteiger partial charge on any atom is 0.0703 e. The minimum Gasteiger partial charge on any atom is -0.398 e. The maximum absolute atomic E-state index is 9.05. The Balaban J connectivity index is 3.34. The van der Waals surface area contributed by atoms with Crippen LogP contribution in [0.5, 0.6) is 0 Å². The molecule has 0 bridgehead atoms. The van der Waals surface area contributed by atoms with E-state index in [1.54, 1.807) is 25.4 Å². The maximum atomic E-state index is 9.05. The van der Waals surface area contributed by atoms with E-state index in [2.05, 4.69) is 4.99 Å². The van der Waals surface area contributed by atoms with Gasteiger partial charge in [0.15, 0.2) is 0 Å². The summed E-state index contributed by atoms with van der Waals surface area (Å²) in [6.07, 6.45) is 1.59. The van der Waals surface area contributed by atoms with E-state index < -0.39 is 0 Å². The summed E-state index contributed by atoms with van der Waals surface area (Å²) in [5, 5.41) is 9.55. The van der Waals surface area contributed by atoms with Crippen molar-refractivity contribution in [1.29, 1.82) is 0 Å². The van der Waals surface area contributed by atoms with E-state index in [0.29, 0.717) is 21.8 Å². The predicted molar refractivity (Wildman–Crippen MR) is 55.3 cm³/mol. The smallest absolute Gasteiger partial charge is 0.0703 e. The lowest BCUT2D eigenvalue weighted by molar-refractivity contribution is 0.282. The van der Waals surface area contributed by atoms with Gasteiger partial charge in [0.25, 0.3) is 0 Å². The third-order valence-corrected chi connectivity index (χ3v) is 2.10. The SMILES string of the molecule is CN=Cc1c(N)ccc(Cl)c1CO. The summed E-state index contributed by atoms with van der Waals surface area (Å²) in [5.74, 6) is 0. The topological polar surface area (TPSA) is 58.6 Å². The van der Waals surface area contributed by atoms with Crippen molar-refractivity contribution in [2.45, 2.75) is 6.61 Å². The quantitative estimate of drug-likeness (QED) is 0.559. The molecule has 0 radical (unpaired) electrons. The van der Waals surface area contributed by atoms with Crippen LogP contribution in [0, 0.1) is 0 Å². The summed E-state index contributed by atoms with van der Waals surface area (Å²) in [6.45, 7) is -0.134. The number of anilines is 1. The number of hydrogen-bond acceptors (Lipinski definition) is 3. The lowest BCUT2D eigenvalue weighted by Gasteiger charge is -2.07. The Hall–Kier alpha value is -1.06. The van der Waals surface area contributed by atoms with Crippen LogP contribution in [0.1, 0.15) is 11.1 Å². The molecular formula is C9H11ClN2O. The molecule has 0 unspecified atom stereocenters. The molecule has 4 heteroatoms. The second kappa shape index (κ2) is 4.25. The summed E-state index contributed by atoms with van der Waals surface area (Å²) < 4.78 is 0. The second-order valence-corrected chi connectivity index (χ2v) is 2.98. The summed E-state index contributed by atoms with van der Waals surface area (Å²) in [4.78, 5) is 3.84. The van der Waals surface area contributed by atoms with Gasteiger partial charge in [-0.3, -0.25) is 4.99 Å². The zero-order chi connectivity index (χ0) is 9.84. The van der Waals surface area contributed by atoms with Crippen LogP contribution in [-0.4, -0.2) is 18.4 Å². The van der Waals surface area contributed by atoms with Crippen LogP contribution >= 0.6 is 11.6 Å². The average molecular weight is 199 g/mol. The van der Waals surface area contributed by atoms with E-state index >= 15 is 0 Å². The van der Waals surface area contributed by atoms with Crippen LogP contribution in [0.3, 0.4) is 0 Å². The van der Waals surface area contributed by atoms with E-state index in [-0.39, 0.29) is 6.61 Å². The molecule has 0 aliphatic carbocycles. The molecule has 0 fully saturated rings. The van der Waals surface area contributed by atoms with Crippen molar-refractivity contribution < 1.29 is 5.11 Å². The standard InChI is InChI=1S/C9H11ClN2O/c1-12-4-6-7(5-13)8(10)2-3-9(6)11/h2-4,13H,5,11H2,1H3. The van der Waals surface area contributed by atoms with E-state index in [0.717, 1.165) is 0 Å². The molecule has 1 aromatic rings. The molecule has 0 aliphatic heterocycles. The molecule has 1 aromatic carbocycles. The van der Waals surface area contributed by atoms with Gasteiger partial charge in [0.05, 0.1) is 6.61 Å². The molecule has 70 valence electrons. The number of hydrogen-bond donors (Lipinski definition) is 2. The number of aliphatic hydroxyl groups is 1. The normalized spacial score (nSPS) is 11.0. The third-order valence-electron chi connectivity index (χ3n) is 1.75. The highest BCUT2D eigenvalue weighted by molar-refractivity contribution is 6.32. The number of benzene rings is 1. The molecule has 0 atom stereocenters. The molecule has 0 amide bonds. The van der Waals surface area contributed by atoms with Crippen LogP contribution < -0.4 is 5.73 Å². The number of rotatable bonds is 2. The Morgan fingerprint density at radius 1 is 1.62 bits per heavy atom. The molecule has 0 saturated carbocycles. The van der Waals surface area contributed by atoms with Gasteiger partial charge in [-0.25, -0.2) is 0 Å². The molecule has 0 aliphatic rings. The van der Waals surface area contributed by atoms with E-state index in [1.165, 1.54) is 0 Å². The predicted octanol–water partition coefficient (Wildman–Crippen LogP) is 1.46. The first-order chi connectivity index (χ1) is 6.20. The van der Waals surface area contributed by atoms with Gasteiger partial charge in [-0.2, -0.15) is 0 Å². The van der Waals surface area contributed by atoms with E-state index in [9.17, 15) is 0 Å². The van der Waals surface area contributed by atoms with Gasteiger partial charge >= 0.3 is 0 Å². The van der Waals surface area contributed by atoms with Crippen LogP contribution in [0.15, 0.2) is 17.1 Å². The Morgan fingerprint density at radius 3 is 2.85 bits per heavy atom. The van der Waals surface area contributed by atoms with Gasteiger partial charge in [0.2, 0.25) is 0 Å². The van der Waals surface area contributed by atoms with E-state index in [1.807, 2.05) is 0 Å². The zero-order valence-electron chi connectivity index (χ0n) is 7.29. The first-order valence-corrected chi connectivity index (χ1v) is 4.18. The second-order valence-electron chi connectivity index (χ2n) is 2.57. The fraction of sp³-hybridized carbons (Fsp3) is 0.222. The average Bonchev–Trinajstić information content (AvgIpc) is 2.12. The van der Waals surface area contributed by atoms with Gasteiger partial charge in [-0.15, -0.1) is 0 Å². The fourth-order valence-corrected chi connectivity index (χ4v) is 1.32. The highest BCUT2D eigenvalue weighted by Crippen LogP contribution is 2.23. The van der Waals surface area contributed by atoms with Gasteiger partial charge in [0.1, 0.15) is 0 Å². The fourth-order valence-electron chi connectivity index (χ4n) is 1.10. The molecule has 3 N–H and O–H groups in total. The molecule has 1 rings (SSSR count). The molecule has 13 heavy (non-hydrogen) atoms. The van der Waals surface area contributed by atoms with Crippen molar-refractivity contribution in [2.75, 3.05) is 12.8 Å². The van der Waals surface area contributed by atoms with Gasteiger partial charge < -0.3 is 10.8 Å². The Kier molecular flexibility index (Phi) is 3.28. The molecule has 0 spiro atoms. The first kappa shape index (κ1) is 10.0. The summed E-state index contributed by atoms with van der Waals surface area (Å²) >= 11 is 5.86. The zero-order valence-corrected chi connectivity index (χ0v) is 8.04. The molecular weight excluding hydrogens is 188 g/mol. The number of nitrogens with zero attached hydrogens (tertiary/aromatic N) is 1. The van der Waals surface area contributed by atoms with Crippen LogP contribution in [0.4, 0.5) is 5.69 Å². The van der Waals surface area contributed by atoms with Crippen molar-refractivity contribution in [2.24, 2.45) is 4.99 Å². The molecule has 0 heterocycles. The number of nitrogens with two attached hydrogens (primary N) is 1. The van der Waals surface area contributed by atoms with Gasteiger partial charge in [-0.05, 0) is 12.1 Å². The van der Waals surface area contributed by atoms with Crippen LogP contribution in [0.25, 0.3) is 0 Å². The Bertz CT molecular complexity index is 337. The summed E-state index contributed by atoms with van der Waals surface area (Å²) in [5.41, 5.74) is 7.57. The van der Waals surface area contributed by atoms with Crippen molar-refractivity contribution >= 4 is 23.5 Å².